The molecule has 0 bridgehead atoms. The molecular formula is C16H30N2S. The van der Waals surface area contributed by atoms with Crippen LogP contribution in [0.4, 0.5) is 0 Å². The van der Waals surface area contributed by atoms with E-state index in [0.717, 1.165) is 12.3 Å². The van der Waals surface area contributed by atoms with Crippen LogP contribution in [0.1, 0.15) is 52.4 Å². The molecule has 19 heavy (non-hydrogen) atoms. The second-order valence-corrected chi connectivity index (χ2v) is 6.86. The lowest BCUT2D eigenvalue weighted by atomic mass is 9.76. The van der Waals surface area contributed by atoms with E-state index in [2.05, 4.69) is 38.1 Å². The van der Waals surface area contributed by atoms with E-state index in [1.807, 2.05) is 11.8 Å². The molecule has 3 heteroatoms. The molecule has 0 aliphatic heterocycles. The molecule has 0 aromatic rings. The maximum Gasteiger partial charge on any atom is 0.0672 e. The number of nitrogens with zero attached hydrogens (tertiary/aromatic N) is 2. The number of nitriles is 1. The van der Waals surface area contributed by atoms with Crippen LogP contribution < -0.4 is 0 Å². The smallest absolute Gasteiger partial charge is 0.0672 e. The van der Waals surface area contributed by atoms with Gasteiger partial charge in [-0.15, -0.1) is 0 Å². The predicted molar refractivity (Wildman–Crippen MR) is 85.4 cm³/mol. The molecule has 1 aliphatic carbocycles. The lowest BCUT2D eigenvalue weighted by Gasteiger charge is -2.42. The molecule has 0 aromatic carbocycles. The minimum Gasteiger partial charge on any atom is -0.298 e. The summed E-state index contributed by atoms with van der Waals surface area (Å²) in [5.74, 6) is 2.27. The lowest BCUT2D eigenvalue weighted by Crippen LogP contribution is -2.47. The standard InChI is InChI=1S/C16H30N2S/c1-5-7-13-8-9-14(11-17)16(10-13)18(3)15(6-2)12-19-4/h13-16H,5-10,12H2,1-4H3. The van der Waals surface area contributed by atoms with Gasteiger partial charge in [-0.2, -0.15) is 17.0 Å². The summed E-state index contributed by atoms with van der Waals surface area (Å²) < 4.78 is 0. The van der Waals surface area contributed by atoms with Crippen molar-refractivity contribution in [2.75, 3.05) is 19.1 Å². The van der Waals surface area contributed by atoms with E-state index in [0.29, 0.717) is 12.1 Å². The van der Waals surface area contributed by atoms with Crippen molar-refractivity contribution in [2.24, 2.45) is 11.8 Å². The third-order valence-electron chi connectivity index (χ3n) is 4.72. The highest BCUT2D eigenvalue weighted by Crippen LogP contribution is 2.35. The zero-order valence-corrected chi connectivity index (χ0v) is 13.9. The molecule has 2 nitrogen and oxygen atoms in total. The van der Waals surface area contributed by atoms with E-state index < -0.39 is 0 Å². The maximum atomic E-state index is 9.43. The Kier molecular flexibility index (Phi) is 7.87. The van der Waals surface area contributed by atoms with Crippen LogP contribution in [0.15, 0.2) is 0 Å². The van der Waals surface area contributed by atoms with Gasteiger partial charge in [-0.25, -0.2) is 0 Å². The first-order valence-corrected chi connectivity index (χ1v) is 9.17. The van der Waals surface area contributed by atoms with Crippen molar-refractivity contribution in [3.8, 4) is 6.07 Å². The molecule has 110 valence electrons. The Bertz CT molecular complexity index is 287. The van der Waals surface area contributed by atoms with E-state index in [-0.39, 0.29) is 5.92 Å². The fourth-order valence-electron chi connectivity index (χ4n) is 3.49. The van der Waals surface area contributed by atoms with Crippen molar-refractivity contribution < 1.29 is 0 Å². The topological polar surface area (TPSA) is 27.0 Å². The van der Waals surface area contributed by atoms with E-state index >= 15 is 0 Å². The molecule has 0 heterocycles. The first-order chi connectivity index (χ1) is 9.17. The Hall–Kier alpha value is -0.200. The van der Waals surface area contributed by atoms with Crippen molar-refractivity contribution in [1.82, 2.24) is 4.90 Å². The fraction of sp³-hybridized carbons (Fsp3) is 0.938. The largest absolute Gasteiger partial charge is 0.298 e. The third-order valence-corrected chi connectivity index (χ3v) is 5.44. The summed E-state index contributed by atoms with van der Waals surface area (Å²) >= 11 is 1.92. The molecule has 0 spiro atoms. The van der Waals surface area contributed by atoms with Crippen LogP contribution >= 0.6 is 11.8 Å². The third kappa shape index (κ3) is 4.68. The predicted octanol–water partition coefficient (Wildman–Crippen LogP) is 4.17. The van der Waals surface area contributed by atoms with Crippen molar-refractivity contribution in [1.29, 1.82) is 5.26 Å². The van der Waals surface area contributed by atoms with Gasteiger partial charge in [0.05, 0.1) is 12.0 Å². The zero-order chi connectivity index (χ0) is 14.3. The van der Waals surface area contributed by atoms with Crippen LogP contribution in [0.5, 0.6) is 0 Å². The van der Waals surface area contributed by atoms with Crippen LogP contribution in [-0.2, 0) is 0 Å². The number of rotatable bonds is 7. The Morgan fingerprint density at radius 1 is 1.37 bits per heavy atom. The highest BCUT2D eigenvalue weighted by Gasteiger charge is 2.34. The molecule has 1 aliphatic rings. The second kappa shape index (κ2) is 8.87. The summed E-state index contributed by atoms with van der Waals surface area (Å²) in [6.45, 7) is 4.54. The first kappa shape index (κ1) is 16.9. The summed E-state index contributed by atoms with van der Waals surface area (Å²) in [6.07, 6.45) is 9.57. The van der Waals surface area contributed by atoms with Gasteiger partial charge in [0.15, 0.2) is 0 Å². The molecule has 1 fully saturated rings. The minimum atomic E-state index is 0.244. The van der Waals surface area contributed by atoms with Gasteiger partial charge in [0, 0.05) is 17.8 Å². The summed E-state index contributed by atoms with van der Waals surface area (Å²) in [4.78, 5) is 2.52. The summed E-state index contributed by atoms with van der Waals surface area (Å²) in [6, 6.07) is 3.67. The van der Waals surface area contributed by atoms with Crippen LogP contribution in [0.25, 0.3) is 0 Å². The van der Waals surface area contributed by atoms with Gasteiger partial charge in [0.1, 0.15) is 0 Å². The molecule has 4 atom stereocenters. The van der Waals surface area contributed by atoms with Gasteiger partial charge in [-0.1, -0.05) is 26.7 Å². The van der Waals surface area contributed by atoms with E-state index in [9.17, 15) is 5.26 Å². The Morgan fingerprint density at radius 3 is 2.63 bits per heavy atom. The zero-order valence-electron chi connectivity index (χ0n) is 13.1. The summed E-state index contributed by atoms with van der Waals surface area (Å²) in [7, 11) is 2.24. The number of hydrogen-bond acceptors (Lipinski definition) is 3. The second-order valence-electron chi connectivity index (χ2n) is 5.95. The van der Waals surface area contributed by atoms with E-state index in [4.69, 9.17) is 0 Å². The van der Waals surface area contributed by atoms with Crippen molar-refractivity contribution in [3.05, 3.63) is 0 Å². The highest BCUT2D eigenvalue weighted by atomic mass is 32.2. The normalized spacial score (nSPS) is 29.2. The molecule has 0 aromatic heterocycles. The van der Waals surface area contributed by atoms with Crippen molar-refractivity contribution in [2.45, 2.75) is 64.5 Å². The first-order valence-electron chi connectivity index (χ1n) is 7.78. The van der Waals surface area contributed by atoms with Crippen molar-refractivity contribution in [3.63, 3.8) is 0 Å². The summed E-state index contributed by atoms with van der Waals surface area (Å²) in [5.41, 5.74) is 0. The Morgan fingerprint density at radius 2 is 2.11 bits per heavy atom. The van der Waals surface area contributed by atoms with E-state index in [1.165, 1.54) is 37.9 Å². The van der Waals surface area contributed by atoms with Crippen LogP contribution in [0.3, 0.4) is 0 Å². The molecule has 0 N–H and O–H groups in total. The maximum absolute atomic E-state index is 9.43. The molecule has 4 unspecified atom stereocenters. The van der Waals surface area contributed by atoms with Gasteiger partial charge in [-0.3, -0.25) is 4.90 Å². The Balaban J connectivity index is 2.70. The molecule has 0 radical (unpaired) electrons. The minimum absolute atomic E-state index is 0.244. The van der Waals surface area contributed by atoms with Gasteiger partial charge in [0.25, 0.3) is 0 Å². The highest BCUT2D eigenvalue weighted by molar-refractivity contribution is 7.98. The number of hydrogen-bond donors (Lipinski definition) is 0. The molecule has 0 amide bonds. The van der Waals surface area contributed by atoms with Crippen LogP contribution in [-0.4, -0.2) is 36.0 Å². The van der Waals surface area contributed by atoms with Gasteiger partial charge in [0.2, 0.25) is 0 Å². The lowest BCUT2D eigenvalue weighted by molar-refractivity contribution is 0.0908. The molecule has 1 rings (SSSR count). The number of thioether (sulfide) groups is 1. The molecule has 0 saturated heterocycles. The fourth-order valence-corrected chi connectivity index (χ4v) is 4.34. The molecule has 1 saturated carbocycles. The quantitative estimate of drug-likeness (QED) is 0.701. The molecular weight excluding hydrogens is 252 g/mol. The van der Waals surface area contributed by atoms with Crippen molar-refractivity contribution >= 4 is 11.8 Å². The average molecular weight is 282 g/mol. The van der Waals surface area contributed by atoms with E-state index in [1.54, 1.807) is 0 Å². The van der Waals surface area contributed by atoms with Crippen LogP contribution in [0, 0.1) is 23.2 Å². The van der Waals surface area contributed by atoms with Gasteiger partial charge < -0.3 is 0 Å². The van der Waals surface area contributed by atoms with Crippen LogP contribution in [0.2, 0.25) is 0 Å². The average Bonchev–Trinajstić information content (AvgIpc) is 2.44. The summed E-state index contributed by atoms with van der Waals surface area (Å²) in [5, 5.41) is 9.43. The Labute approximate surface area is 123 Å². The van der Waals surface area contributed by atoms with Gasteiger partial charge >= 0.3 is 0 Å². The SMILES string of the molecule is CCCC1CCC(C#N)C(N(C)C(CC)CSC)C1. The van der Waals surface area contributed by atoms with Gasteiger partial charge in [-0.05, 0) is 44.9 Å². The monoisotopic (exact) mass is 282 g/mol.